The van der Waals surface area contributed by atoms with E-state index in [2.05, 4.69) is 15.0 Å². The molecule has 0 saturated heterocycles. The van der Waals surface area contributed by atoms with Gasteiger partial charge in [0, 0.05) is 25.9 Å². The number of hydrogen-bond acceptors (Lipinski definition) is 5. The first-order chi connectivity index (χ1) is 14.6. The number of ether oxygens (including phenoxy) is 1. The fourth-order valence-corrected chi connectivity index (χ4v) is 3.24. The van der Waals surface area contributed by atoms with Gasteiger partial charge in [-0.3, -0.25) is 14.4 Å². The van der Waals surface area contributed by atoms with Gasteiger partial charge in [-0.15, -0.1) is 0 Å². The lowest BCUT2D eigenvalue weighted by atomic mass is 10.1. The van der Waals surface area contributed by atoms with Crippen LogP contribution in [-0.4, -0.2) is 35.1 Å². The van der Waals surface area contributed by atoms with Crippen molar-refractivity contribution in [3.63, 3.8) is 0 Å². The molecule has 0 aliphatic carbocycles. The summed E-state index contributed by atoms with van der Waals surface area (Å²) in [7, 11) is 1.30. The summed E-state index contributed by atoms with van der Waals surface area (Å²) in [6.45, 7) is 0.738. The second-order valence-corrected chi connectivity index (χ2v) is 6.92. The molecule has 0 atom stereocenters. The van der Waals surface area contributed by atoms with E-state index in [4.69, 9.17) is 0 Å². The molecule has 3 rings (SSSR count). The molecule has 0 unspecified atom stereocenters. The number of methoxy groups -OCH3 is 1. The summed E-state index contributed by atoms with van der Waals surface area (Å²) in [5, 5.41) is 2.66. The molecule has 7 nitrogen and oxygen atoms in total. The Hall–Kier alpha value is -3.48. The minimum atomic E-state index is -0.382. The van der Waals surface area contributed by atoms with E-state index in [0.717, 1.165) is 23.0 Å². The van der Waals surface area contributed by atoms with Gasteiger partial charge in [0.05, 0.1) is 24.6 Å². The Bertz CT molecular complexity index is 1080. The van der Waals surface area contributed by atoms with Crippen LogP contribution in [0.5, 0.6) is 0 Å². The Morgan fingerprint density at radius 2 is 1.73 bits per heavy atom. The van der Waals surface area contributed by atoms with Gasteiger partial charge in [0.2, 0.25) is 5.91 Å². The SMILES string of the molecule is COC(=O)CCNC(=O)CCc1nc2ccccc2n(CCc2ccccc2)c1=O. The largest absolute Gasteiger partial charge is 0.469 e. The number of carbonyl (C=O) groups excluding carboxylic acids is 2. The average molecular weight is 407 g/mol. The van der Waals surface area contributed by atoms with Gasteiger partial charge in [0.25, 0.3) is 5.56 Å². The van der Waals surface area contributed by atoms with E-state index < -0.39 is 0 Å². The van der Waals surface area contributed by atoms with Gasteiger partial charge in [-0.25, -0.2) is 4.98 Å². The number of aromatic nitrogens is 2. The van der Waals surface area contributed by atoms with Crippen molar-refractivity contribution >= 4 is 22.9 Å². The molecule has 1 N–H and O–H groups in total. The van der Waals surface area contributed by atoms with Gasteiger partial charge in [-0.2, -0.15) is 0 Å². The zero-order valence-electron chi connectivity index (χ0n) is 17.0. The molecule has 1 aromatic heterocycles. The molecule has 0 bridgehead atoms. The minimum Gasteiger partial charge on any atom is -0.469 e. The standard InChI is InChI=1S/C23H25N3O4/c1-30-22(28)13-15-24-21(27)12-11-19-23(29)26(16-14-17-7-3-2-4-8-17)20-10-6-5-9-18(20)25-19/h2-10H,11-16H2,1H3,(H,24,27). The van der Waals surface area contributed by atoms with E-state index >= 15 is 0 Å². The van der Waals surface area contributed by atoms with Gasteiger partial charge in [0.1, 0.15) is 5.69 Å². The van der Waals surface area contributed by atoms with Gasteiger partial charge in [-0.05, 0) is 24.1 Å². The molecule has 7 heteroatoms. The second-order valence-electron chi connectivity index (χ2n) is 6.92. The molecule has 3 aromatic rings. The molecular formula is C23H25N3O4. The Morgan fingerprint density at radius 1 is 1.00 bits per heavy atom. The quantitative estimate of drug-likeness (QED) is 0.550. The Morgan fingerprint density at radius 3 is 2.50 bits per heavy atom. The van der Waals surface area contributed by atoms with E-state index in [0.29, 0.717) is 12.2 Å². The molecular weight excluding hydrogens is 382 g/mol. The van der Waals surface area contributed by atoms with Crippen LogP contribution >= 0.6 is 0 Å². The van der Waals surface area contributed by atoms with Crippen LogP contribution in [0, 0.1) is 0 Å². The second kappa shape index (κ2) is 10.3. The van der Waals surface area contributed by atoms with Crippen LogP contribution < -0.4 is 10.9 Å². The number of rotatable bonds is 9. The van der Waals surface area contributed by atoms with E-state index in [1.807, 2.05) is 54.6 Å². The number of benzene rings is 2. The summed E-state index contributed by atoms with van der Waals surface area (Å²) in [5.74, 6) is -0.614. The third kappa shape index (κ3) is 5.53. The van der Waals surface area contributed by atoms with Crippen LogP contribution in [0.1, 0.15) is 24.1 Å². The molecule has 1 amide bonds. The Kier molecular flexibility index (Phi) is 7.32. The first-order valence-electron chi connectivity index (χ1n) is 9.94. The molecule has 0 aliphatic heterocycles. The lowest BCUT2D eigenvalue weighted by Gasteiger charge is -2.12. The smallest absolute Gasteiger partial charge is 0.307 e. The van der Waals surface area contributed by atoms with E-state index in [1.54, 1.807) is 4.57 Å². The molecule has 0 radical (unpaired) electrons. The summed E-state index contributed by atoms with van der Waals surface area (Å²) in [6.07, 6.45) is 1.20. The summed E-state index contributed by atoms with van der Waals surface area (Å²) in [6, 6.07) is 17.5. The normalized spacial score (nSPS) is 10.7. The molecule has 0 saturated carbocycles. The number of nitrogens with one attached hydrogen (secondary N) is 1. The van der Waals surface area contributed by atoms with Crippen molar-refractivity contribution in [2.24, 2.45) is 0 Å². The molecule has 0 aliphatic rings. The lowest BCUT2D eigenvalue weighted by Crippen LogP contribution is -2.30. The van der Waals surface area contributed by atoms with Crippen molar-refractivity contribution in [1.82, 2.24) is 14.9 Å². The Labute approximate surface area is 174 Å². The number of carbonyl (C=O) groups is 2. The fraction of sp³-hybridized carbons (Fsp3) is 0.304. The van der Waals surface area contributed by atoms with E-state index in [-0.39, 0.29) is 43.2 Å². The number of aryl methyl sites for hydroxylation is 3. The topological polar surface area (TPSA) is 90.3 Å². The van der Waals surface area contributed by atoms with Crippen LogP contribution in [-0.2, 0) is 33.7 Å². The summed E-state index contributed by atoms with van der Waals surface area (Å²) < 4.78 is 6.28. The first-order valence-corrected chi connectivity index (χ1v) is 9.94. The number of nitrogens with zero attached hydrogens (tertiary/aromatic N) is 2. The van der Waals surface area contributed by atoms with Gasteiger partial charge < -0.3 is 14.6 Å². The maximum Gasteiger partial charge on any atom is 0.307 e. The fourth-order valence-electron chi connectivity index (χ4n) is 3.24. The van der Waals surface area contributed by atoms with Crippen molar-refractivity contribution < 1.29 is 14.3 Å². The van der Waals surface area contributed by atoms with E-state index in [1.165, 1.54) is 7.11 Å². The highest BCUT2D eigenvalue weighted by Crippen LogP contribution is 2.12. The van der Waals surface area contributed by atoms with Crippen LogP contribution in [0.2, 0.25) is 0 Å². The zero-order valence-corrected chi connectivity index (χ0v) is 17.0. The predicted octanol–water partition coefficient (Wildman–Crippen LogP) is 2.25. The number of fused-ring (bicyclic) bond motifs is 1. The molecule has 30 heavy (non-hydrogen) atoms. The van der Waals surface area contributed by atoms with Crippen molar-refractivity contribution in [2.75, 3.05) is 13.7 Å². The molecule has 0 fully saturated rings. The van der Waals surface area contributed by atoms with Crippen LogP contribution in [0.3, 0.4) is 0 Å². The summed E-state index contributed by atoms with van der Waals surface area (Å²) in [4.78, 5) is 40.7. The number of amides is 1. The highest BCUT2D eigenvalue weighted by molar-refractivity contribution is 5.77. The third-order valence-electron chi connectivity index (χ3n) is 4.85. The maximum absolute atomic E-state index is 13.1. The summed E-state index contributed by atoms with van der Waals surface area (Å²) in [5.41, 5.74) is 2.85. The van der Waals surface area contributed by atoms with Crippen molar-refractivity contribution in [1.29, 1.82) is 0 Å². The molecule has 2 aromatic carbocycles. The number of para-hydroxylation sites is 2. The van der Waals surface area contributed by atoms with Gasteiger partial charge >= 0.3 is 5.97 Å². The maximum atomic E-state index is 13.1. The third-order valence-corrected chi connectivity index (χ3v) is 4.85. The highest BCUT2D eigenvalue weighted by atomic mass is 16.5. The van der Waals surface area contributed by atoms with Gasteiger partial charge in [-0.1, -0.05) is 42.5 Å². The molecule has 1 heterocycles. The van der Waals surface area contributed by atoms with Crippen molar-refractivity contribution in [3.8, 4) is 0 Å². The van der Waals surface area contributed by atoms with Crippen molar-refractivity contribution in [3.05, 3.63) is 76.2 Å². The first kappa shape index (κ1) is 21.2. The lowest BCUT2D eigenvalue weighted by molar-refractivity contribution is -0.140. The van der Waals surface area contributed by atoms with Crippen LogP contribution in [0.4, 0.5) is 0 Å². The predicted molar refractivity (Wildman–Crippen MR) is 114 cm³/mol. The minimum absolute atomic E-state index is 0.114. The number of esters is 1. The van der Waals surface area contributed by atoms with Crippen molar-refractivity contribution in [2.45, 2.75) is 32.2 Å². The summed E-state index contributed by atoms with van der Waals surface area (Å²) >= 11 is 0. The van der Waals surface area contributed by atoms with Gasteiger partial charge in [0.15, 0.2) is 0 Å². The molecule has 0 spiro atoms. The zero-order chi connectivity index (χ0) is 21.3. The highest BCUT2D eigenvalue weighted by Gasteiger charge is 2.13. The monoisotopic (exact) mass is 407 g/mol. The van der Waals surface area contributed by atoms with Crippen LogP contribution in [0.25, 0.3) is 11.0 Å². The van der Waals surface area contributed by atoms with Crippen LogP contribution in [0.15, 0.2) is 59.4 Å². The van der Waals surface area contributed by atoms with E-state index in [9.17, 15) is 14.4 Å². The molecule has 156 valence electrons. The Balaban J connectivity index is 1.73. The average Bonchev–Trinajstić information content (AvgIpc) is 2.77. The number of hydrogen-bond donors (Lipinski definition) is 1.